The van der Waals surface area contributed by atoms with Gasteiger partial charge in [0.05, 0.1) is 15.7 Å². The van der Waals surface area contributed by atoms with Crippen LogP contribution in [0.5, 0.6) is 0 Å². The lowest BCUT2D eigenvalue weighted by Crippen LogP contribution is -2.28. The maximum Gasteiger partial charge on any atom is 0.272 e. The molecule has 1 amide bonds. The van der Waals surface area contributed by atoms with Crippen LogP contribution < -0.4 is 0 Å². The van der Waals surface area contributed by atoms with E-state index in [0.717, 1.165) is 36.5 Å². The molecule has 0 unspecified atom stereocenters. The van der Waals surface area contributed by atoms with Gasteiger partial charge in [-0.15, -0.1) is 11.8 Å². The topological polar surface area (TPSA) is 33.2 Å². The molecule has 6 heteroatoms. The molecule has 0 atom stereocenters. The van der Waals surface area contributed by atoms with Crippen LogP contribution in [-0.4, -0.2) is 28.9 Å². The summed E-state index contributed by atoms with van der Waals surface area (Å²) in [5, 5.41) is 1.26. The van der Waals surface area contributed by atoms with E-state index in [4.69, 9.17) is 23.2 Å². The molecule has 23 heavy (non-hydrogen) atoms. The van der Waals surface area contributed by atoms with Crippen molar-refractivity contribution < 1.29 is 4.79 Å². The highest BCUT2D eigenvalue weighted by molar-refractivity contribution is 7.98. The molecule has 3 nitrogen and oxygen atoms in total. The second-order valence-electron chi connectivity index (χ2n) is 5.35. The average molecular weight is 367 g/mol. The van der Waals surface area contributed by atoms with E-state index in [2.05, 4.69) is 4.98 Å². The van der Waals surface area contributed by atoms with E-state index in [1.54, 1.807) is 6.07 Å². The molecule has 0 N–H and O–H groups in total. The second kappa shape index (κ2) is 7.56. The zero-order valence-electron chi connectivity index (χ0n) is 12.5. The summed E-state index contributed by atoms with van der Waals surface area (Å²) in [6, 6.07) is 11.0. The Hall–Kier alpha value is -1.23. The Morgan fingerprint density at radius 2 is 1.74 bits per heavy atom. The summed E-state index contributed by atoms with van der Waals surface area (Å²) >= 11 is 13.9. The van der Waals surface area contributed by atoms with E-state index in [-0.39, 0.29) is 5.91 Å². The van der Waals surface area contributed by atoms with Gasteiger partial charge in [0.2, 0.25) is 0 Å². The number of likely N-dealkylation sites (tertiary alicyclic amines) is 1. The molecule has 0 spiro atoms. The number of rotatable bonds is 4. The van der Waals surface area contributed by atoms with E-state index in [9.17, 15) is 4.79 Å². The number of carbonyl (C=O) groups excluding carboxylic acids is 1. The van der Waals surface area contributed by atoms with Gasteiger partial charge >= 0.3 is 0 Å². The summed E-state index contributed by atoms with van der Waals surface area (Å²) in [5.74, 6) is 0.634. The van der Waals surface area contributed by atoms with Crippen molar-refractivity contribution in [1.29, 1.82) is 0 Å². The van der Waals surface area contributed by atoms with Gasteiger partial charge in [-0.25, -0.2) is 4.98 Å². The van der Waals surface area contributed by atoms with Crippen LogP contribution in [0.15, 0.2) is 41.3 Å². The molecule has 0 radical (unpaired) electrons. The molecule has 1 aliphatic heterocycles. The zero-order chi connectivity index (χ0) is 16.2. The fraction of sp³-hybridized carbons (Fsp3) is 0.294. The number of amides is 1. The smallest absolute Gasteiger partial charge is 0.272 e. The van der Waals surface area contributed by atoms with E-state index >= 15 is 0 Å². The van der Waals surface area contributed by atoms with Crippen LogP contribution in [0.4, 0.5) is 0 Å². The fourth-order valence-electron chi connectivity index (χ4n) is 2.53. The molecule has 120 valence electrons. The van der Waals surface area contributed by atoms with Gasteiger partial charge in [-0.2, -0.15) is 0 Å². The van der Waals surface area contributed by atoms with Crippen molar-refractivity contribution in [2.75, 3.05) is 13.1 Å². The van der Waals surface area contributed by atoms with E-state index in [1.807, 2.05) is 35.2 Å². The molecule has 1 aromatic heterocycles. The lowest BCUT2D eigenvalue weighted by Gasteiger charge is -2.15. The molecule has 3 rings (SSSR count). The summed E-state index contributed by atoms with van der Waals surface area (Å²) in [7, 11) is 0. The Morgan fingerprint density at radius 1 is 1.09 bits per heavy atom. The summed E-state index contributed by atoms with van der Waals surface area (Å²) in [4.78, 5) is 19.6. The van der Waals surface area contributed by atoms with Crippen molar-refractivity contribution in [2.45, 2.75) is 23.5 Å². The lowest BCUT2D eigenvalue weighted by atomic mass is 10.3. The maximum atomic E-state index is 12.4. The highest BCUT2D eigenvalue weighted by atomic mass is 35.5. The monoisotopic (exact) mass is 366 g/mol. The van der Waals surface area contributed by atoms with Gasteiger partial charge in [0.25, 0.3) is 5.91 Å². The first kappa shape index (κ1) is 16.6. The molecular formula is C17H16Cl2N2OS. The fourth-order valence-corrected chi connectivity index (χ4v) is 4.12. The number of aromatic nitrogens is 1. The SMILES string of the molecule is O=C(c1cccc(CSc2c(Cl)cccc2Cl)n1)N1CCCC1. The van der Waals surface area contributed by atoms with Crippen molar-refractivity contribution >= 4 is 40.9 Å². The van der Waals surface area contributed by atoms with Crippen LogP contribution in [0.1, 0.15) is 29.0 Å². The zero-order valence-corrected chi connectivity index (χ0v) is 14.8. The molecule has 1 aromatic carbocycles. The normalized spacial score (nSPS) is 14.3. The molecule has 2 heterocycles. The second-order valence-corrected chi connectivity index (χ2v) is 7.15. The first-order valence-electron chi connectivity index (χ1n) is 7.47. The standard InChI is InChI=1S/C17H16Cl2N2OS/c18-13-6-4-7-14(19)16(13)23-11-12-5-3-8-15(20-12)17(22)21-9-1-2-10-21/h3-8H,1-2,9-11H2. The van der Waals surface area contributed by atoms with Crippen LogP contribution in [0.2, 0.25) is 10.0 Å². The van der Waals surface area contributed by atoms with Gasteiger partial charge in [0.1, 0.15) is 5.69 Å². The van der Waals surface area contributed by atoms with E-state index in [0.29, 0.717) is 21.5 Å². The summed E-state index contributed by atoms with van der Waals surface area (Å²) in [6.07, 6.45) is 2.15. The number of nitrogens with zero attached hydrogens (tertiary/aromatic N) is 2. The summed E-state index contributed by atoms with van der Waals surface area (Å²) in [6.45, 7) is 1.66. The third kappa shape index (κ3) is 4.00. The minimum atomic E-state index is 0.0186. The first-order chi connectivity index (χ1) is 11.1. The van der Waals surface area contributed by atoms with E-state index in [1.165, 1.54) is 11.8 Å². The molecule has 1 saturated heterocycles. The van der Waals surface area contributed by atoms with Crippen LogP contribution in [0.25, 0.3) is 0 Å². The van der Waals surface area contributed by atoms with Crippen LogP contribution >= 0.6 is 35.0 Å². The van der Waals surface area contributed by atoms with Crippen molar-refractivity contribution in [3.63, 3.8) is 0 Å². The maximum absolute atomic E-state index is 12.4. The Kier molecular flexibility index (Phi) is 5.46. The predicted molar refractivity (Wildman–Crippen MR) is 95.4 cm³/mol. The largest absolute Gasteiger partial charge is 0.337 e. The van der Waals surface area contributed by atoms with Crippen molar-refractivity contribution in [2.24, 2.45) is 0 Å². The summed E-state index contributed by atoms with van der Waals surface area (Å²) < 4.78 is 0. The number of thioether (sulfide) groups is 1. The number of carbonyl (C=O) groups is 1. The van der Waals surface area contributed by atoms with Gasteiger partial charge in [-0.05, 0) is 37.1 Å². The average Bonchev–Trinajstić information content (AvgIpc) is 3.08. The minimum Gasteiger partial charge on any atom is -0.337 e. The van der Waals surface area contributed by atoms with Crippen LogP contribution in [0.3, 0.4) is 0 Å². The predicted octanol–water partition coefficient (Wildman–Crippen LogP) is 4.92. The molecule has 0 saturated carbocycles. The number of benzene rings is 1. The number of hydrogen-bond acceptors (Lipinski definition) is 3. The van der Waals surface area contributed by atoms with E-state index < -0.39 is 0 Å². The van der Waals surface area contributed by atoms with Gasteiger partial charge < -0.3 is 4.90 Å². The van der Waals surface area contributed by atoms with Gasteiger partial charge in [0, 0.05) is 23.7 Å². The first-order valence-corrected chi connectivity index (χ1v) is 9.21. The Labute approximate surface area is 150 Å². The molecule has 1 fully saturated rings. The van der Waals surface area contributed by atoms with Gasteiger partial charge in [0.15, 0.2) is 0 Å². The quantitative estimate of drug-likeness (QED) is 0.720. The molecule has 0 aliphatic carbocycles. The number of halogens is 2. The van der Waals surface area contributed by atoms with Crippen molar-refractivity contribution in [3.05, 3.63) is 57.8 Å². The van der Waals surface area contributed by atoms with Crippen LogP contribution in [0, 0.1) is 0 Å². The van der Waals surface area contributed by atoms with Gasteiger partial charge in [-0.1, -0.05) is 35.3 Å². The van der Waals surface area contributed by atoms with Crippen LogP contribution in [-0.2, 0) is 5.75 Å². The minimum absolute atomic E-state index is 0.0186. The lowest BCUT2D eigenvalue weighted by molar-refractivity contribution is 0.0787. The third-order valence-electron chi connectivity index (χ3n) is 3.70. The Morgan fingerprint density at radius 3 is 2.43 bits per heavy atom. The highest BCUT2D eigenvalue weighted by Crippen LogP contribution is 2.35. The number of pyridine rings is 1. The molecule has 2 aromatic rings. The molecule has 1 aliphatic rings. The van der Waals surface area contributed by atoms with Crippen molar-refractivity contribution in [1.82, 2.24) is 9.88 Å². The number of hydrogen-bond donors (Lipinski definition) is 0. The Bertz CT molecular complexity index is 697. The van der Waals surface area contributed by atoms with Crippen molar-refractivity contribution in [3.8, 4) is 0 Å². The molecule has 0 bridgehead atoms. The third-order valence-corrected chi connectivity index (χ3v) is 5.73. The highest BCUT2D eigenvalue weighted by Gasteiger charge is 2.20. The van der Waals surface area contributed by atoms with Gasteiger partial charge in [-0.3, -0.25) is 4.79 Å². The molecular weight excluding hydrogens is 351 g/mol. The summed E-state index contributed by atoms with van der Waals surface area (Å²) in [5.41, 5.74) is 1.35. The Balaban J connectivity index is 1.71.